The van der Waals surface area contributed by atoms with Gasteiger partial charge in [0.25, 0.3) is 0 Å². The summed E-state index contributed by atoms with van der Waals surface area (Å²) in [6.07, 6.45) is 1.91. The maximum Gasteiger partial charge on any atom is 0.341 e. The summed E-state index contributed by atoms with van der Waals surface area (Å²) in [6, 6.07) is 0. The molecule has 0 heterocycles. The van der Waals surface area contributed by atoms with Gasteiger partial charge < -0.3 is 18.6 Å². The van der Waals surface area contributed by atoms with Crippen LogP contribution >= 0.6 is 0 Å². The lowest BCUT2D eigenvalue weighted by Crippen LogP contribution is -2.12. The first kappa shape index (κ1) is 17.8. The summed E-state index contributed by atoms with van der Waals surface area (Å²) in [5.74, 6) is -0.203. The molecule has 1 aromatic carbocycles. The van der Waals surface area contributed by atoms with Gasteiger partial charge in [0.15, 0.2) is 11.5 Å². The van der Waals surface area contributed by atoms with E-state index in [1.807, 2.05) is 0 Å². The highest BCUT2D eigenvalue weighted by atomic mass is 28.2. The number of esters is 2. The van der Waals surface area contributed by atoms with Crippen LogP contribution in [0.3, 0.4) is 0 Å². The average Bonchev–Trinajstić information content (AvgIpc) is 2.44. The van der Waals surface area contributed by atoms with Crippen LogP contribution in [0.15, 0.2) is 12.7 Å². The molecular weight excluding hydrogens is 304 g/mol. The first-order chi connectivity index (χ1) is 10.4. The van der Waals surface area contributed by atoms with E-state index in [1.54, 1.807) is 13.0 Å². The second-order valence-electron chi connectivity index (χ2n) is 4.41. The fourth-order valence-corrected chi connectivity index (χ4v) is 2.26. The lowest BCUT2D eigenvalue weighted by molar-refractivity contribution is -0.132. The first-order valence-corrected chi connectivity index (χ1v) is 6.82. The molecule has 22 heavy (non-hydrogen) atoms. The molecular formula is C15H17O6Si. The van der Waals surface area contributed by atoms with Crippen molar-refractivity contribution in [1.29, 1.82) is 0 Å². The van der Waals surface area contributed by atoms with Crippen LogP contribution in [0.1, 0.15) is 25.0 Å². The van der Waals surface area contributed by atoms with Gasteiger partial charge in [-0.25, -0.2) is 0 Å². The number of hydrogen-bond acceptors (Lipinski definition) is 6. The van der Waals surface area contributed by atoms with Crippen molar-refractivity contribution in [1.82, 2.24) is 0 Å². The largest absolute Gasteiger partial charge is 0.538 e. The van der Waals surface area contributed by atoms with Crippen molar-refractivity contribution in [2.45, 2.75) is 27.2 Å². The molecule has 3 radical (unpaired) electrons. The van der Waals surface area contributed by atoms with Crippen molar-refractivity contribution in [2.75, 3.05) is 7.11 Å². The first-order valence-electron chi connectivity index (χ1n) is 6.42. The third kappa shape index (κ3) is 3.67. The lowest BCUT2D eigenvalue weighted by Gasteiger charge is -2.21. The van der Waals surface area contributed by atoms with Gasteiger partial charge in [0.05, 0.1) is 7.11 Å². The molecule has 0 unspecified atom stereocenters. The van der Waals surface area contributed by atoms with E-state index in [0.29, 0.717) is 17.5 Å². The lowest BCUT2D eigenvalue weighted by atomic mass is 10.0. The minimum absolute atomic E-state index is 0.130. The van der Waals surface area contributed by atoms with Crippen LogP contribution < -0.4 is 18.6 Å². The van der Waals surface area contributed by atoms with Crippen LogP contribution in [0.25, 0.3) is 0 Å². The van der Waals surface area contributed by atoms with Crippen LogP contribution in [0.2, 0.25) is 0 Å². The maximum atomic E-state index is 11.4. The second kappa shape index (κ2) is 7.65. The second-order valence-corrected chi connectivity index (χ2v) is 4.61. The molecule has 0 saturated carbocycles. The zero-order valence-electron chi connectivity index (χ0n) is 12.9. The summed E-state index contributed by atoms with van der Waals surface area (Å²) in [5.41, 5.74) is 0.997. The van der Waals surface area contributed by atoms with Crippen LogP contribution in [0.4, 0.5) is 0 Å². The van der Waals surface area contributed by atoms with Gasteiger partial charge in [0, 0.05) is 25.0 Å². The molecule has 0 N–H and O–H groups in total. The molecule has 0 fully saturated rings. The average molecular weight is 321 g/mol. The topological polar surface area (TPSA) is 71.1 Å². The fraction of sp³-hybridized carbons (Fsp3) is 0.333. The SMILES string of the molecule is C=CCc1c(OC(C)=O)c(C)c(O[Si])c(OC)c1OC(C)=O. The number of methoxy groups -OCH3 is 1. The summed E-state index contributed by atoms with van der Waals surface area (Å²) < 4.78 is 20.9. The normalized spacial score (nSPS) is 9.86. The highest BCUT2D eigenvalue weighted by Crippen LogP contribution is 2.49. The molecule has 117 valence electrons. The Bertz CT molecular complexity index is 609. The molecule has 0 aliphatic carbocycles. The quantitative estimate of drug-likeness (QED) is 0.346. The zero-order valence-corrected chi connectivity index (χ0v) is 13.9. The Hall–Kier alpha value is -2.28. The van der Waals surface area contributed by atoms with Crippen molar-refractivity contribution in [3.05, 3.63) is 23.8 Å². The number of carbonyl (C=O) groups is 2. The molecule has 0 spiro atoms. The maximum absolute atomic E-state index is 11.4. The van der Waals surface area contributed by atoms with Crippen LogP contribution in [-0.4, -0.2) is 29.5 Å². The Morgan fingerprint density at radius 3 is 2.05 bits per heavy atom. The van der Waals surface area contributed by atoms with E-state index in [4.69, 9.17) is 18.6 Å². The Kier molecular flexibility index (Phi) is 6.18. The number of ether oxygens (including phenoxy) is 3. The third-order valence-corrected chi connectivity index (χ3v) is 2.99. The van der Waals surface area contributed by atoms with Crippen molar-refractivity contribution in [2.24, 2.45) is 0 Å². The van der Waals surface area contributed by atoms with Gasteiger partial charge in [0.2, 0.25) is 5.75 Å². The number of benzene rings is 1. The van der Waals surface area contributed by atoms with Crippen LogP contribution in [-0.2, 0) is 16.0 Å². The summed E-state index contributed by atoms with van der Waals surface area (Å²) in [7, 11) is 4.35. The van der Waals surface area contributed by atoms with Crippen molar-refractivity contribution >= 4 is 22.4 Å². The van der Waals surface area contributed by atoms with Crippen LogP contribution in [0.5, 0.6) is 23.0 Å². The minimum Gasteiger partial charge on any atom is -0.538 e. The molecule has 0 aromatic heterocycles. The number of carbonyl (C=O) groups excluding carboxylic acids is 2. The van der Waals surface area contributed by atoms with Gasteiger partial charge in [-0.05, 0) is 13.3 Å². The van der Waals surface area contributed by atoms with E-state index in [9.17, 15) is 9.59 Å². The Morgan fingerprint density at radius 1 is 1.09 bits per heavy atom. The van der Waals surface area contributed by atoms with E-state index in [1.165, 1.54) is 21.0 Å². The summed E-state index contributed by atoms with van der Waals surface area (Å²) in [5, 5.41) is 0. The summed E-state index contributed by atoms with van der Waals surface area (Å²) in [4.78, 5) is 22.8. The van der Waals surface area contributed by atoms with E-state index < -0.39 is 11.9 Å². The molecule has 0 bridgehead atoms. The Balaban J connectivity index is 3.77. The predicted octanol–water partition coefficient (Wildman–Crippen LogP) is 2.05. The van der Waals surface area contributed by atoms with E-state index in [-0.39, 0.29) is 23.0 Å². The molecule has 0 amide bonds. The highest BCUT2D eigenvalue weighted by Gasteiger charge is 2.27. The molecule has 0 aliphatic rings. The Morgan fingerprint density at radius 2 is 1.64 bits per heavy atom. The van der Waals surface area contributed by atoms with Gasteiger partial charge in [0.1, 0.15) is 5.75 Å². The predicted molar refractivity (Wildman–Crippen MR) is 80.6 cm³/mol. The minimum atomic E-state index is -0.541. The van der Waals surface area contributed by atoms with Gasteiger partial charge in [-0.2, -0.15) is 0 Å². The fourth-order valence-electron chi connectivity index (χ4n) is 2.01. The third-order valence-electron chi connectivity index (χ3n) is 2.79. The zero-order chi connectivity index (χ0) is 16.9. The van der Waals surface area contributed by atoms with E-state index in [0.717, 1.165) is 0 Å². The molecule has 0 aliphatic heterocycles. The van der Waals surface area contributed by atoms with Crippen molar-refractivity contribution in [3.63, 3.8) is 0 Å². The van der Waals surface area contributed by atoms with Gasteiger partial charge in [-0.3, -0.25) is 9.59 Å². The molecule has 1 aromatic rings. The molecule has 0 saturated heterocycles. The molecule has 0 atom stereocenters. The summed E-state index contributed by atoms with van der Waals surface area (Å²) in [6.45, 7) is 7.90. The van der Waals surface area contributed by atoms with Gasteiger partial charge >= 0.3 is 22.4 Å². The monoisotopic (exact) mass is 321 g/mol. The molecule has 7 heteroatoms. The molecule has 6 nitrogen and oxygen atoms in total. The van der Waals surface area contributed by atoms with Crippen LogP contribution in [0, 0.1) is 6.92 Å². The number of hydrogen-bond donors (Lipinski definition) is 0. The van der Waals surface area contributed by atoms with Gasteiger partial charge in [-0.1, -0.05) is 6.08 Å². The molecule has 1 rings (SSSR count). The number of rotatable bonds is 6. The van der Waals surface area contributed by atoms with E-state index >= 15 is 0 Å². The smallest absolute Gasteiger partial charge is 0.341 e. The van der Waals surface area contributed by atoms with Gasteiger partial charge in [-0.15, -0.1) is 6.58 Å². The number of allylic oxidation sites excluding steroid dienone is 1. The summed E-state index contributed by atoms with van der Waals surface area (Å²) >= 11 is 0. The Labute approximate surface area is 132 Å². The highest BCUT2D eigenvalue weighted by molar-refractivity contribution is 6.00. The van der Waals surface area contributed by atoms with Crippen molar-refractivity contribution < 1.29 is 28.2 Å². The van der Waals surface area contributed by atoms with Crippen molar-refractivity contribution in [3.8, 4) is 23.0 Å². The van der Waals surface area contributed by atoms with E-state index in [2.05, 4.69) is 17.1 Å². The standard InChI is InChI=1S/C15H17O6Si/c1-6-7-11-12(19-9(3)16)8(2)13(21-22)15(18-5)14(11)20-10(4)17/h6H,1,7H2,2-5H3.